The van der Waals surface area contributed by atoms with Crippen molar-refractivity contribution >= 4 is 5.97 Å². The molecule has 0 spiro atoms. The van der Waals surface area contributed by atoms with Crippen molar-refractivity contribution in [2.24, 2.45) is 0 Å². The molecule has 0 radical (unpaired) electrons. The lowest BCUT2D eigenvalue weighted by Gasteiger charge is -2.45. The Morgan fingerprint density at radius 2 is 1.33 bits per heavy atom. The van der Waals surface area contributed by atoms with E-state index in [1.54, 1.807) is 6.92 Å². The minimum Gasteiger partial charge on any atom is -0.492 e. The van der Waals surface area contributed by atoms with Crippen LogP contribution in [0.25, 0.3) is 0 Å². The average molecular weight is 571 g/mol. The van der Waals surface area contributed by atoms with Gasteiger partial charge in [0.25, 0.3) is 0 Å². The minimum absolute atomic E-state index is 0.256. The van der Waals surface area contributed by atoms with E-state index in [4.69, 9.17) is 34.8 Å². The van der Waals surface area contributed by atoms with E-state index in [1.165, 1.54) is 12.3 Å². The SMILES string of the molecule is C#CC[C@@H]1O[C@H](COCc2ccccc2)[C@@H](OCc2ccccc2)[C@H](OCc2ccccc2)[C@H]1O/C=C/C(=O)OCC. The van der Waals surface area contributed by atoms with Gasteiger partial charge in [0.15, 0.2) is 6.10 Å². The van der Waals surface area contributed by atoms with Gasteiger partial charge in [-0.05, 0) is 23.6 Å². The lowest BCUT2D eigenvalue weighted by molar-refractivity contribution is -0.260. The second-order valence-electron chi connectivity index (χ2n) is 9.80. The van der Waals surface area contributed by atoms with Crippen LogP contribution in [0.2, 0.25) is 0 Å². The summed E-state index contributed by atoms with van der Waals surface area (Å²) in [4.78, 5) is 12.0. The number of carbonyl (C=O) groups excluding carboxylic acids is 1. The molecule has 1 aliphatic heterocycles. The molecule has 1 fully saturated rings. The highest BCUT2D eigenvalue weighted by atomic mass is 16.6. The number of ether oxygens (including phenoxy) is 6. The van der Waals surface area contributed by atoms with Crippen LogP contribution in [-0.4, -0.2) is 49.7 Å². The first-order valence-corrected chi connectivity index (χ1v) is 14.2. The summed E-state index contributed by atoms with van der Waals surface area (Å²) in [6.07, 6.45) is 5.71. The lowest BCUT2D eigenvalue weighted by atomic mass is 9.92. The second kappa shape index (κ2) is 17.1. The molecule has 0 aliphatic carbocycles. The topological polar surface area (TPSA) is 72.5 Å². The maximum atomic E-state index is 12.0. The molecule has 1 saturated heterocycles. The third-order valence-electron chi connectivity index (χ3n) is 6.74. The van der Waals surface area contributed by atoms with E-state index in [1.807, 2.05) is 91.0 Å². The molecule has 3 aromatic rings. The maximum absolute atomic E-state index is 12.0. The molecule has 0 aromatic heterocycles. The Labute approximate surface area is 248 Å². The fourth-order valence-electron chi connectivity index (χ4n) is 4.74. The Balaban J connectivity index is 1.60. The van der Waals surface area contributed by atoms with Crippen molar-refractivity contribution in [2.75, 3.05) is 13.2 Å². The third kappa shape index (κ3) is 9.57. The number of esters is 1. The summed E-state index contributed by atoms with van der Waals surface area (Å²) < 4.78 is 36.9. The fourth-order valence-corrected chi connectivity index (χ4v) is 4.74. The van der Waals surface area contributed by atoms with Crippen LogP contribution < -0.4 is 0 Å². The minimum atomic E-state index is -0.665. The van der Waals surface area contributed by atoms with E-state index < -0.39 is 36.5 Å². The quantitative estimate of drug-likeness (QED) is 0.102. The lowest BCUT2D eigenvalue weighted by Crippen LogP contribution is -2.60. The maximum Gasteiger partial charge on any atom is 0.333 e. The van der Waals surface area contributed by atoms with Crippen molar-refractivity contribution in [3.05, 3.63) is 120 Å². The molecule has 7 nitrogen and oxygen atoms in total. The smallest absolute Gasteiger partial charge is 0.333 e. The molecule has 220 valence electrons. The predicted octanol–water partition coefficient (Wildman–Crippen LogP) is 5.63. The molecular weight excluding hydrogens is 532 g/mol. The highest BCUT2D eigenvalue weighted by molar-refractivity contribution is 5.81. The Kier molecular flexibility index (Phi) is 12.6. The summed E-state index contributed by atoms with van der Waals surface area (Å²) >= 11 is 0. The largest absolute Gasteiger partial charge is 0.492 e. The molecule has 5 atom stereocenters. The van der Waals surface area contributed by atoms with Gasteiger partial charge in [-0.15, -0.1) is 12.3 Å². The summed E-state index contributed by atoms with van der Waals surface area (Å²) in [5.41, 5.74) is 3.06. The number of carbonyl (C=O) groups is 1. The zero-order valence-corrected chi connectivity index (χ0v) is 23.9. The summed E-state index contributed by atoms with van der Waals surface area (Å²) in [6, 6.07) is 29.7. The number of benzene rings is 3. The summed E-state index contributed by atoms with van der Waals surface area (Å²) in [7, 11) is 0. The van der Waals surface area contributed by atoms with Crippen molar-refractivity contribution in [3.8, 4) is 12.3 Å². The Morgan fingerprint density at radius 1 is 0.786 bits per heavy atom. The number of hydrogen-bond donors (Lipinski definition) is 0. The summed E-state index contributed by atoms with van der Waals surface area (Å²) in [5.74, 6) is 2.19. The van der Waals surface area contributed by atoms with Crippen LogP contribution in [0.1, 0.15) is 30.0 Å². The van der Waals surface area contributed by atoms with Gasteiger partial charge in [0, 0.05) is 6.42 Å². The van der Waals surface area contributed by atoms with Crippen molar-refractivity contribution in [3.63, 3.8) is 0 Å². The Bertz CT molecular complexity index is 1260. The molecule has 0 N–H and O–H groups in total. The van der Waals surface area contributed by atoms with Gasteiger partial charge in [0.2, 0.25) is 0 Å². The van der Waals surface area contributed by atoms with Crippen LogP contribution in [0.5, 0.6) is 0 Å². The molecule has 4 rings (SSSR count). The molecule has 3 aromatic carbocycles. The first kappa shape index (κ1) is 31.0. The van der Waals surface area contributed by atoms with Crippen LogP contribution in [0.15, 0.2) is 103 Å². The average Bonchev–Trinajstić information content (AvgIpc) is 3.02. The monoisotopic (exact) mass is 570 g/mol. The van der Waals surface area contributed by atoms with Crippen LogP contribution in [-0.2, 0) is 53.0 Å². The first-order chi connectivity index (χ1) is 20.7. The van der Waals surface area contributed by atoms with Crippen LogP contribution in [0, 0.1) is 12.3 Å². The normalized spacial score (nSPS) is 22.0. The summed E-state index contributed by atoms with van der Waals surface area (Å²) in [6.45, 7) is 3.33. The predicted molar refractivity (Wildman–Crippen MR) is 159 cm³/mol. The Hall–Kier alpha value is -3.93. The van der Waals surface area contributed by atoms with Gasteiger partial charge in [0.05, 0.1) is 45.4 Å². The Morgan fingerprint density at radius 3 is 1.88 bits per heavy atom. The van der Waals surface area contributed by atoms with Crippen LogP contribution >= 0.6 is 0 Å². The number of hydrogen-bond acceptors (Lipinski definition) is 7. The molecule has 42 heavy (non-hydrogen) atoms. The zero-order chi connectivity index (χ0) is 29.4. The number of terminal acetylenes is 1. The highest BCUT2D eigenvalue weighted by Gasteiger charge is 2.48. The van der Waals surface area contributed by atoms with Crippen LogP contribution in [0.3, 0.4) is 0 Å². The van der Waals surface area contributed by atoms with Gasteiger partial charge in [-0.2, -0.15) is 0 Å². The van der Waals surface area contributed by atoms with E-state index >= 15 is 0 Å². The van der Waals surface area contributed by atoms with E-state index in [0.29, 0.717) is 19.8 Å². The van der Waals surface area contributed by atoms with E-state index in [0.717, 1.165) is 16.7 Å². The van der Waals surface area contributed by atoms with Gasteiger partial charge in [-0.3, -0.25) is 0 Å². The van der Waals surface area contributed by atoms with Crippen molar-refractivity contribution in [1.82, 2.24) is 0 Å². The van der Waals surface area contributed by atoms with Crippen molar-refractivity contribution in [2.45, 2.75) is 63.7 Å². The molecule has 0 unspecified atom stereocenters. The van der Waals surface area contributed by atoms with Gasteiger partial charge in [-0.1, -0.05) is 91.0 Å². The van der Waals surface area contributed by atoms with Crippen molar-refractivity contribution in [1.29, 1.82) is 0 Å². The van der Waals surface area contributed by atoms with Gasteiger partial charge < -0.3 is 28.4 Å². The van der Waals surface area contributed by atoms with E-state index in [2.05, 4.69) is 5.92 Å². The van der Waals surface area contributed by atoms with Gasteiger partial charge in [0.1, 0.15) is 24.4 Å². The van der Waals surface area contributed by atoms with E-state index in [-0.39, 0.29) is 19.6 Å². The molecular formula is C35H38O7. The highest BCUT2D eigenvalue weighted by Crippen LogP contribution is 2.31. The van der Waals surface area contributed by atoms with Crippen LogP contribution in [0.4, 0.5) is 0 Å². The molecule has 0 amide bonds. The molecule has 0 bridgehead atoms. The zero-order valence-electron chi connectivity index (χ0n) is 23.9. The molecule has 1 aliphatic rings. The first-order valence-electron chi connectivity index (χ1n) is 14.2. The number of rotatable bonds is 15. The molecule has 1 heterocycles. The standard InChI is InChI=1S/C35H38O7/c1-3-14-30-33(39-22-21-32(36)38-4-2)35(41-25-29-19-12-7-13-20-29)34(40-24-28-17-10-6-11-18-28)31(42-30)26-37-23-27-15-8-5-9-16-27/h1,5-13,15-22,30-31,33-35H,4,14,23-26H2,2H3/b22-21+/t30-,31+,33-,34+,35+/m0/s1. The second-order valence-corrected chi connectivity index (χ2v) is 9.80. The van der Waals surface area contributed by atoms with E-state index in [9.17, 15) is 4.79 Å². The summed E-state index contributed by atoms with van der Waals surface area (Å²) in [5, 5.41) is 0. The molecule has 0 saturated carbocycles. The fraction of sp³-hybridized carbons (Fsp3) is 0.343. The third-order valence-corrected chi connectivity index (χ3v) is 6.74. The molecule has 7 heteroatoms. The van der Waals surface area contributed by atoms with Crippen molar-refractivity contribution < 1.29 is 33.2 Å². The van der Waals surface area contributed by atoms with Gasteiger partial charge >= 0.3 is 5.97 Å². The van der Waals surface area contributed by atoms with Gasteiger partial charge in [-0.25, -0.2) is 4.79 Å².